The van der Waals surface area contributed by atoms with Crippen molar-refractivity contribution in [3.8, 4) is 22.8 Å². The molecule has 0 fully saturated rings. The van der Waals surface area contributed by atoms with Crippen LogP contribution in [0.15, 0.2) is 66.7 Å². The van der Waals surface area contributed by atoms with Gasteiger partial charge in [-0.1, -0.05) is 23.7 Å². The number of nitrogens with zero attached hydrogens (tertiary/aromatic N) is 1. The lowest BCUT2D eigenvalue weighted by atomic mass is 10.1. The summed E-state index contributed by atoms with van der Waals surface area (Å²) in [5.41, 5.74) is 10.6. The maximum atomic E-state index is 12.3. The average molecular weight is 436 g/mol. The van der Waals surface area contributed by atoms with E-state index in [2.05, 4.69) is 16.8 Å². The Morgan fingerprint density at radius 1 is 1.06 bits per heavy atom. The molecule has 0 aliphatic heterocycles. The van der Waals surface area contributed by atoms with Crippen molar-refractivity contribution in [3.05, 3.63) is 71.8 Å². The van der Waals surface area contributed by atoms with E-state index in [4.69, 9.17) is 26.8 Å². The van der Waals surface area contributed by atoms with Crippen LogP contribution in [-0.2, 0) is 6.54 Å². The molecule has 1 heterocycles. The Morgan fingerprint density at radius 2 is 1.81 bits per heavy atom. The summed E-state index contributed by atoms with van der Waals surface area (Å²) in [4.78, 5) is 12.3. The van der Waals surface area contributed by atoms with E-state index in [0.717, 1.165) is 34.5 Å². The second-order valence-corrected chi connectivity index (χ2v) is 7.38. The number of amides is 1. The van der Waals surface area contributed by atoms with Crippen molar-refractivity contribution in [2.45, 2.75) is 13.5 Å². The van der Waals surface area contributed by atoms with Crippen LogP contribution in [-0.4, -0.2) is 17.8 Å². The summed E-state index contributed by atoms with van der Waals surface area (Å²) in [6, 6.07) is 19.9. The van der Waals surface area contributed by atoms with E-state index in [1.54, 1.807) is 37.4 Å². The number of benzene rings is 3. The molecule has 0 bridgehead atoms. The first kappa shape index (κ1) is 20.6. The normalized spacial score (nSPS) is 10.8. The summed E-state index contributed by atoms with van der Waals surface area (Å²) < 4.78 is 12.8. The lowest BCUT2D eigenvalue weighted by Gasteiger charge is -2.12. The number of nitrogen functional groups attached to an aromatic ring is 1. The molecule has 31 heavy (non-hydrogen) atoms. The maximum absolute atomic E-state index is 12.3. The molecule has 3 N–H and O–H groups in total. The summed E-state index contributed by atoms with van der Waals surface area (Å²) in [5, 5.41) is 4.29. The second-order valence-electron chi connectivity index (χ2n) is 6.94. The Morgan fingerprint density at radius 3 is 2.52 bits per heavy atom. The zero-order valence-corrected chi connectivity index (χ0v) is 17.9. The number of nitrogens with two attached hydrogens (primary N) is 1. The van der Waals surface area contributed by atoms with Gasteiger partial charge in [0.2, 0.25) is 0 Å². The van der Waals surface area contributed by atoms with Gasteiger partial charge in [0.15, 0.2) is 0 Å². The van der Waals surface area contributed by atoms with Crippen LogP contribution in [0.3, 0.4) is 0 Å². The van der Waals surface area contributed by atoms with Crippen LogP contribution in [0, 0.1) is 0 Å². The third kappa shape index (κ3) is 4.15. The number of hydrogen-bond acceptors (Lipinski definition) is 4. The standard InChI is InChI=1S/C24H22ClN3O3/c1-3-28-21-14-19(30-2)11-12-20(21)22(26)23(28)15-5-4-6-17(13-15)27-24(29)31-18-9-7-16(25)8-10-18/h4-14H,3,26H2,1-2H3,(H,27,29). The van der Waals surface area contributed by atoms with Gasteiger partial charge in [0.1, 0.15) is 11.5 Å². The van der Waals surface area contributed by atoms with Gasteiger partial charge in [-0.15, -0.1) is 0 Å². The minimum Gasteiger partial charge on any atom is -0.497 e. The predicted molar refractivity (Wildman–Crippen MR) is 125 cm³/mol. The molecule has 6 nitrogen and oxygen atoms in total. The van der Waals surface area contributed by atoms with Gasteiger partial charge in [-0.05, 0) is 55.5 Å². The van der Waals surface area contributed by atoms with Crippen LogP contribution >= 0.6 is 11.6 Å². The highest BCUT2D eigenvalue weighted by molar-refractivity contribution is 6.30. The largest absolute Gasteiger partial charge is 0.497 e. The van der Waals surface area contributed by atoms with Crippen LogP contribution in [0.5, 0.6) is 11.5 Å². The SMILES string of the molecule is CCn1c(-c2cccc(NC(=O)Oc3ccc(Cl)cc3)c2)c(N)c2ccc(OC)cc21. The number of aryl methyl sites for hydroxylation is 1. The first-order valence-corrected chi connectivity index (χ1v) is 10.2. The van der Waals surface area contributed by atoms with E-state index in [1.165, 1.54) is 0 Å². The Bertz CT molecular complexity index is 1250. The van der Waals surface area contributed by atoms with Gasteiger partial charge in [0, 0.05) is 34.3 Å². The van der Waals surface area contributed by atoms with E-state index in [-0.39, 0.29) is 0 Å². The number of methoxy groups -OCH3 is 1. The van der Waals surface area contributed by atoms with Gasteiger partial charge < -0.3 is 19.8 Å². The minimum atomic E-state index is -0.590. The number of aromatic nitrogens is 1. The number of rotatable bonds is 5. The van der Waals surface area contributed by atoms with Gasteiger partial charge in [-0.25, -0.2) is 4.79 Å². The topological polar surface area (TPSA) is 78.5 Å². The summed E-state index contributed by atoms with van der Waals surface area (Å²) in [6.45, 7) is 2.79. The van der Waals surface area contributed by atoms with Gasteiger partial charge >= 0.3 is 6.09 Å². The third-order valence-corrected chi connectivity index (χ3v) is 5.29. The van der Waals surface area contributed by atoms with Crippen molar-refractivity contribution >= 4 is 40.0 Å². The summed E-state index contributed by atoms with van der Waals surface area (Å²) >= 11 is 5.86. The Kier molecular flexibility index (Phi) is 5.73. The fraction of sp³-hybridized carbons (Fsp3) is 0.125. The maximum Gasteiger partial charge on any atom is 0.417 e. The number of nitrogens with one attached hydrogen (secondary N) is 1. The van der Waals surface area contributed by atoms with Crippen molar-refractivity contribution in [2.24, 2.45) is 0 Å². The fourth-order valence-electron chi connectivity index (χ4n) is 3.62. The Hall–Kier alpha value is -3.64. The van der Waals surface area contributed by atoms with Crippen LogP contribution in [0.4, 0.5) is 16.2 Å². The third-order valence-electron chi connectivity index (χ3n) is 5.03. The second kappa shape index (κ2) is 8.62. The molecule has 0 saturated heterocycles. The molecule has 0 unspecified atom stereocenters. The number of anilines is 2. The van der Waals surface area contributed by atoms with E-state index in [9.17, 15) is 4.79 Å². The quantitative estimate of drug-likeness (QED) is 0.392. The highest BCUT2D eigenvalue weighted by atomic mass is 35.5. The zero-order chi connectivity index (χ0) is 22.0. The smallest absolute Gasteiger partial charge is 0.417 e. The van der Waals surface area contributed by atoms with Crippen LogP contribution in [0.1, 0.15) is 6.92 Å². The lowest BCUT2D eigenvalue weighted by Crippen LogP contribution is -2.16. The van der Waals surface area contributed by atoms with Crippen molar-refractivity contribution in [2.75, 3.05) is 18.2 Å². The van der Waals surface area contributed by atoms with Crippen LogP contribution < -0.4 is 20.5 Å². The zero-order valence-electron chi connectivity index (χ0n) is 17.2. The molecule has 0 aliphatic rings. The molecule has 1 amide bonds. The number of carbonyl (C=O) groups is 1. The van der Waals surface area contributed by atoms with Crippen LogP contribution in [0.2, 0.25) is 5.02 Å². The first-order valence-electron chi connectivity index (χ1n) is 9.80. The molecule has 158 valence electrons. The fourth-order valence-corrected chi connectivity index (χ4v) is 3.75. The molecule has 0 radical (unpaired) electrons. The minimum absolute atomic E-state index is 0.405. The molecule has 0 atom stereocenters. The van der Waals surface area contributed by atoms with E-state index in [1.807, 2.05) is 36.4 Å². The molecule has 4 aromatic rings. The van der Waals surface area contributed by atoms with Crippen molar-refractivity contribution in [1.82, 2.24) is 4.57 Å². The molecule has 0 saturated carbocycles. The summed E-state index contributed by atoms with van der Waals surface area (Å²) in [5.74, 6) is 1.17. The Labute approximate surface area is 185 Å². The van der Waals surface area contributed by atoms with Crippen LogP contribution in [0.25, 0.3) is 22.2 Å². The van der Waals surface area contributed by atoms with Gasteiger partial charge in [0.25, 0.3) is 0 Å². The number of hydrogen-bond donors (Lipinski definition) is 2. The molecule has 0 aliphatic carbocycles. The highest BCUT2D eigenvalue weighted by Gasteiger charge is 2.17. The Balaban J connectivity index is 1.65. The summed E-state index contributed by atoms with van der Waals surface area (Å²) in [7, 11) is 1.64. The van der Waals surface area contributed by atoms with Gasteiger partial charge in [-0.3, -0.25) is 5.32 Å². The predicted octanol–water partition coefficient (Wildman–Crippen LogP) is 6.18. The number of ether oxygens (including phenoxy) is 2. The van der Waals surface area contributed by atoms with E-state index >= 15 is 0 Å². The molecule has 1 aromatic heterocycles. The average Bonchev–Trinajstić information content (AvgIpc) is 3.06. The molecule has 4 rings (SSSR count). The number of fused-ring (bicyclic) bond motifs is 1. The first-order chi connectivity index (χ1) is 15.0. The molecule has 7 heteroatoms. The van der Waals surface area contributed by atoms with Crippen molar-refractivity contribution in [3.63, 3.8) is 0 Å². The molecule has 3 aromatic carbocycles. The summed E-state index contributed by atoms with van der Waals surface area (Å²) in [6.07, 6.45) is -0.590. The lowest BCUT2D eigenvalue weighted by molar-refractivity contribution is 0.215. The van der Waals surface area contributed by atoms with Gasteiger partial charge in [0.05, 0.1) is 24.0 Å². The molecular weight excluding hydrogens is 414 g/mol. The van der Waals surface area contributed by atoms with Crippen molar-refractivity contribution in [1.29, 1.82) is 0 Å². The van der Waals surface area contributed by atoms with E-state index in [0.29, 0.717) is 22.1 Å². The number of carbonyl (C=O) groups excluding carboxylic acids is 1. The monoisotopic (exact) mass is 435 g/mol. The highest BCUT2D eigenvalue weighted by Crippen LogP contribution is 2.38. The molecule has 0 spiro atoms. The van der Waals surface area contributed by atoms with Crippen molar-refractivity contribution < 1.29 is 14.3 Å². The number of halogens is 1. The van der Waals surface area contributed by atoms with E-state index < -0.39 is 6.09 Å². The molecular formula is C24H22ClN3O3. The van der Waals surface area contributed by atoms with Gasteiger partial charge in [-0.2, -0.15) is 0 Å².